The summed E-state index contributed by atoms with van der Waals surface area (Å²) in [5.41, 5.74) is 3.40. The molecule has 3 aromatic rings. The number of allylic oxidation sites excluding steroid dienone is 3. The van der Waals surface area contributed by atoms with E-state index in [-0.39, 0.29) is 23.8 Å². The van der Waals surface area contributed by atoms with Gasteiger partial charge in [-0.05, 0) is 61.7 Å². The zero-order valence-electron chi connectivity index (χ0n) is 20.6. The highest BCUT2D eigenvalue weighted by atomic mass is 16.5. The molecule has 1 atom stereocenters. The van der Waals surface area contributed by atoms with Gasteiger partial charge < -0.3 is 4.74 Å². The predicted molar refractivity (Wildman–Crippen MR) is 140 cm³/mol. The van der Waals surface area contributed by atoms with Gasteiger partial charge in [0.1, 0.15) is 11.5 Å². The molecular formula is C31H28O5. The van der Waals surface area contributed by atoms with Crippen molar-refractivity contribution < 1.29 is 23.9 Å². The molecule has 0 saturated carbocycles. The van der Waals surface area contributed by atoms with E-state index < -0.39 is 11.9 Å². The highest BCUT2D eigenvalue weighted by Gasteiger charge is 2.19. The summed E-state index contributed by atoms with van der Waals surface area (Å²) in [7, 11) is 0. The van der Waals surface area contributed by atoms with Crippen LogP contribution in [0.25, 0.3) is 6.08 Å². The number of rotatable bonds is 10. The molecule has 5 heteroatoms. The lowest BCUT2D eigenvalue weighted by molar-refractivity contribution is -0.135. The summed E-state index contributed by atoms with van der Waals surface area (Å²) in [5, 5.41) is 0. The SMILES string of the molecule is CC(=O)CC(=O)/C=C(C)/C=C/c1ccc(OC(=O)C(C)c2cccc(C(=O)c3ccccc3)c2)cc1. The molecule has 0 saturated heterocycles. The Balaban J connectivity index is 1.63. The molecule has 182 valence electrons. The van der Waals surface area contributed by atoms with Gasteiger partial charge in [0.25, 0.3) is 0 Å². The van der Waals surface area contributed by atoms with Gasteiger partial charge in [-0.3, -0.25) is 19.2 Å². The molecule has 0 radical (unpaired) electrons. The van der Waals surface area contributed by atoms with Crippen LogP contribution in [0.15, 0.2) is 96.6 Å². The van der Waals surface area contributed by atoms with Crippen molar-refractivity contribution in [2.24, 2.45) is 0 Å². The number of ether oxygens (including phenoxy) is 1. The van der Waals surface area contributed by atoms with E-state index in [2.05, 4.69) is 0 Å². The van der Waals surface area contributed by atoms with E-state index in [1.54, 1.807) is 80.6 Å². The van der Waals surface area contributed by atoms with Gasteiger partial charge in [-0.1, -0.05) is 72.8 Å². The van der Waals surface area contributed by atoms with Crippen LogP contribution in [0.2, 0.25) is 0 Å². The van der Waals surface area contributed by atoms with E-state index >= 15 is 0 Å². The maximum absolute atomic E-state index is 12.8. The third-order valence-electron chi connectivity index (χ3n) is 5.49. The molecule has 0 bridgehead atoms. The fraction of sp³-hybridized carbons (Fsp3) is 0.161. The minimum absolute atomic E-state index is 0.0999. The van der Waals surface area contributed by atoms with Crippen LogP contribution < -0.4 is 4.74 Å². The summed E-state index contributed by atoms with van der Waals surface area (Å²) in [4.78, 5) is 48.2. The van der Waals surface area contributed by atoms with Gasteiger partial charge in [-0.25, -0.2) is 0 Å². The summed E-state index contributed by atoms with van der Waals surface area (Å²) in [6.07, 6.45) is 4.95. The van der Waals surface area contributed by atoms with E-state index in [4.69, 9.17) is 4.74 Å². The number of hydrogen-bond donors (Lipinski definition) is 0. The molecule has 0 heterocycles. The van der Waals surface area contributed by atoms with Crippen LogP contribution in [0.5, 0.6) is 5.75 Å². The lowest BCUT2D eigenvalue weighted by Gasteiger charge is -2.13. The first-order valence-corrected chi connectivity index (χ1v) is 11.6. The fourth-order valence-corrected chi connectivity index (χ4v) is 3.52. The third-order valence-corrected chi connectivity index (χ3v) is 5.49. The Morgan fingerprint density at radius 3 is 2.17 bits per heavy atom. The van der Waals surface area contributed by atoms with Crippen LogP contribution in [-0.2, 0) is 14.4 Å². The van der Waals surface area contributed by atoms with Crippen molar-refractivity contribution >= 4 is 29.4 Å². The maximum atomic E-state index is 12.8. The largest absolute Gasteiger partial charge is 0.426 e. The molecule has 3 aromatic carbocycles. The summed E-state index contributed by atoms with van der Waals surface area (Å²) in [6.45, 7) is 4.92. The van der Waals surface area contributed by atoms with E-state index in [9.17, 15) is 19.2 Å². The van der Waals surface area contributed by atoms with Gasteiger partial charge in [0.05, 0.1) is 12.3 Å². The van der Waals surface area contributed by atoms with Gasteiger partial charge in [0.2, 0.25) is 0 Å². The van der Waals surface area contributed by atoms with E-state index in [1.807, 2.05) is 24.3 Å². The molecule has 0 aliphatic carbocycles. The molecule has 0 N–H and O–H groups in total. The highest BCUT2D eigenvalue weighted by molar-refractivity contribution is 6.09. The summed E-state index contributed by atoms with van der Waals surface area (Å²) >= 11 is 0. The summed E-state index contributed by atoms with van der Waals surface area (Å²) in [5.74, 6) is -1.07. The van der Waals surface area contributed by atoms with Crippen molar-refractivity contribution in [3.63, 3.8) is 0 Å². The van der Waals surface area contributed by atoms with Gasteiger partial charge in [-0.2, -0.15) is 0 Å². The number of Topliss-reactive ketones (excluding diaryl/α,β-unsaturated/α-hetero) is 1. The molecule has 0 aromatic heterocycles. The predicted octanol–water partition coefficient (Wildman–Crippen LogP) is 6.13. The van der Waals surface area contributed by atoms with E-state index in [0.717, 1.165) is 11.1 Å². The van der Waals surface area contributed by atoms with Gasteiger partial charge in [0.15, 0.2) is 11.6 Å². The Hall–Kier alpha value is -4.38. The lowest BCUT2D eigenvalue weighted by Crippen LogP contribution is -2.16. The van der Waals surface area contributed by atoms with Gasteiger partial charge in [0, 0.05) is 11.1 Å². The standard InChI is InChI=1S/C31H28O5/c1-21(18-28(33)19-22(2)32)12-13-24-14-16-29(17-15-24)36-31(35)23(3)26-10-7-11-27(20-26)30(34)25-8-5-4-6-9-25/h4-18,20,23H,19H2,1-3H3/b13-12+,21-18+. The average Bonchev–Trinajstić information content (AvgIpc) is 2.87. The second-order valence-corrected chi connectivity index (χ2v) is 8.60. The van der Waals surface area contributed by atoms with Crippen LogP contribution in [0.1, 0.15) is 60.2 Å². The van der Waals surface area contributed by atoms with Gasteiger partial charge >= 0.3 is 5.97 Å². The zero-order valence-corrected chi connectivity index (χ0v) is 20.6. The van der Waals surface area contributed by atoms with Crippen LogP contribution in [0.4, 0.5) is 0 Å². The highest BCUT2D eigenvalue weighted by Crippen LogP contribution is 2.22. The average molecular weight is 481 g/mol. The summed E-state index contributed by atoms with van der Waals surface area (Å²) in [6, 6.07) is 23.0. The second kappa shape index (κ2) is 12.4. The number of hydrogen-bond acceptors (Lipinski definition) is 5. The molecule has 1 unspecified atom stereocenters. The minimum Gasteiger partial charge on any atom is -0.426 e. The summed E-state index contributed by atoms with van der Waals surface area (Å²) < 4.78 is 5.55. The number of ketones is 3. The van der Waals surface area contributed by atoms with Crippen LogP contribution in [0.3, 0.4) is 0 Å². The zero-order chi connectivity index (χ0) is 26.1. The van der Waals surface area contributed by atoms with Crippen LogP contribution in [-0.4, -0.2) is 23.3 Å². The van der Waals surface area contributed by atoms with Crippen LogP contribution >= 0.6 is 0 Å². The molecule has 0 fully saturated rings. The monoisotopic (exact) mass is 480 g/mol. The molecule has 36 heavy (non-hydrogen) atoms. The number of benzene rings is 3. The Bertz CT molecular complexity index is 1310. The minimum atomic E-state index is -0.562. The molecule has 3 rings (SSSR count). The molecule has 0 spiro atoms. The second-order valence-electron chi connectivity index (χ2n) is 8.60. The van der Waals surface area contributed by atoms with E-state index in [0.29, 0.717) is 22.4 Å². The Labute approximate surface area is 211 Å². The lowest BCUT2D eigenvalue weighted by atomic mass is 9.96. The molecular weight excluding hydrogens is 452 g/mol. The van der Waals surface area contributed by atoms with Crippen molar-refractivity contribution in [3.8, 4) is 5.75 Å². The topological polar surface area (TPSA) is 77.5 Å². The smallest absolute Gasteiger partial charge is 0.318 e. The normalized spacial score (nSPS) is 12.2. The molecule has 0 amide bonds. The Morgan fingerprint density at radius 2 is 1.50 bits per heavy atom. The quantitative estimate of drug-likeness (QED) is 0.0871. The first kappa shape index (κ1) is 26.2. The van der Waals surface area contributed by atoms with Crippen molar-refractivity contribution in [1.82, 2.24) is 0 Å². The first-order valence-electron chi connectivity index (χ1n) is 11.6. The maximum Gasteiger partial charge on any atom is 0.318 e. The van der Waals surface area contributed by atoms with E-state index in [1.165, 1.54) is 13.0 Å². The fourth-order valence-electron chi connectivity index (χ4n) is 3.52. The van der Waals surface area contributed by atoms with Crippen LogP contribution in [0, 0.1) is 0 Å². The Kier molecular flexibility index (Phi) is 9.01. The number of esters is 1. The molecule has 0 aliphatic heterocycles. The van der Waals surface area contributed by atoms with Crippen molar-refractivity contribution in [2.45, 2.75) is 33.1 Å². The number of carbonyl (C=O) groups excluding carboxylic acids is 4. The molecule has 5 nitrogen and oxygen atoms in total. The van der Waals surface area contributed by atoms with Gasteiger partial charge in [-0.15, -0.1) is 0 Å². The Morgan fingerprint density at radius 1 is 0.833 bits per heavy atom. The van der Waals surface area contributed by atoms with Crippen molar-refractivity contribution in [1.29, 1.82) is 0 Å². The van der Waals surface area contributed by atoms with Crippen molar-refractivity contribution in [2.75, 3.05) is 0 Å². The van der Waals surface area contributed by atoms with Crippen molar-refractivity contribution in [3.05, 3.63) is 119 Å². The number of carbonyl (C=O) groups is 4. The molecule has 0 aliphatic rings. The third kappa shape index (κ3) is 7.57. The first-order chi connectivity index (χ1) is 17.2.